The summed E-state index contributed by atoms with van der Waals surface area (Å²) >= 11 is 6.03. The summed E-state index contributed by atoms with van der Waals surface area (Å²) < 4.78 is 14.1. The van der Waals surface area contributed by atoms with Crippen molar-refractivity contribution in [2.75, 3.05) is 20.8 Å². The van der Waals surface area contributed by atoms with Gasteiger partial charge in [0.1, 0.15) is 5.82 Å². The average Bonchev–Trinajstić information content (AvgIpc) is 3.39. The molecular weight excluding hydrogens is 518 g/mol. The number of hydrogen-bond acceptors (Lipinski definition) is 6. The van der Waals surface area contributed by atoms with Gasteiger partial charge in [0.25, 0.3) is 5.56 Å². The molecule has 10 heteroatoms. The molecule has 1 N–H and O–H groups in total. The molecule has 5 rings (SSSR count). The second-order valence-corrected chi connectivity index (χ2v) is 9.51. The van der Waals surface area contributed by atoms with Crippen molar-refractivity contribution in [3.63, 3.8) is 0 Å². The highest BCUT2D eigenvalue weighted by Gasteiger charge is 2.17. The second-order valence-electron chi connectivity index (χ2n) is 9.08. The summed E-state index contributed by atoms with van der Waals surface area (Å²) in [6, 6.07) is 20.4. The fourth-order valence-electron chi connectivity index (χ4n) is 4.59. The predicted molar refractivity (Wildman–Crippen MR) is 150 cm³/mol. The van der Waals surface area contributed by atoms with Crippen LogP contribution in [0.4, 0.5) is 0 Å². The summed E-state index contributed by atoms with van der Waals surface area (Å²) in [7, 11) is 3.19. The number of ether oxygens (including phenoxy) is 2. The van der Waals surface area contributed by atoms with Crippen LogP contribution in [-0.2, 0) is 24.2 Å². The van der Waals surface area contributed by atoms with Gasteiger partial charge in [-0.2, -0.15) is 0 Å². The molecule has 0 saturated carbocycles. The molecule has 5 aromatic rings. The number of amides is 1. The Morgan fingerprint density at radius 1 is 0.923 bits per heavy atom. The first-order chi connectivity index (χ1) is 19.0. The third kappa shape index (κ3) is 5.58. The molecule has 9 nitrogen and oxygen atoms in total. The van der Waals surface area contributed by atoms with Gasteiger partial charge in [-0.3, -0.25) is 18.6 Å². The van der Waals surface area contributed by atoms with E-state index in [4.69, 9.17) is 21.1 Å². The monoisotopic (exact) mass is 545 g/mol. The molecule has 0 radical (unpaired) electrons. The van der Waals surface area contributed by atoms with E-state index < -0.39 is 0 Å². The van der Waals surface area contributed by atoms with Gasteiger partial charge in [0.15, 0.2) is 11.5 Å². The predicted octanol–water partition coefficient (Wildman–Crippen LogP) is 4.05. The molecule has 3 aromatic carbocycles. The molecule has 2 heterocycles. The highest BCUT2D eigenvalue weighted by atomic mass is 35.5. The number of hydrogen-bond donors (Lipinski definition) is 1. The van der Waals surface area contributed by atoms with Crippen molar-refractivity contribution in [3.05, 3.63) is 99.1 Å². The van der Waals surface area contributed by atoms with Crippen molar-refractivity contribution in [1.82, 2.24) is 24.5 Å². The number of nitrogens with one attached hydrogen (secondary N) is 1. The number of methoxy groups -OCH3 is 2. The van der Waals surface area contributed by atoms with E-state index in [1.807, 2.05) is 52.9 Å². The zero-order valence-corrected chi connectivity index (χ0v) is 22.4. The summed E-state index contributed by atoms with van der Waals surface area (Å²) in [5, 5.41) is 12.9. The Labute approximate surface area is 230 Å². The molecular formula is C29H28ClN5O4. The van der Waals surface area contributed by atoms with Crippen molar-refractivity contribution in [3.8, 4) is 11.5 Å². The lowest BCUT2D eigenvalue weighted by molar-refractivity contribution is -0.121. The molecule has 0 unspecified atom stereocenters. The Morgan fingerprint density at radius 3 is 2.44 bits per heavy atom. The van der Waals surface area contributed by atoms with E-state index in [0.717, 1.165) is 11.1 Å². The van der Waals surface area contributed by atoms with E-state index in [9.17, 15) is 9.59 Å². The summed E-state index contributed by atoms with van der Waals surface area (Å²) in [6.07, 6.45) is 1.26. The molecule has 0 fully saturated rings. The zero-order chi connectivity index (χ0) is 27.4. The molecule has 0 bridgehead atoms. The maximum atomic E-state index is 13.4. The molecule has 0 spiro atoms. The van der Waals surface area contributed by atoms with Crippen molar-refractivity contribution in [2.24, 2.45) is 0 Å². The number of carbonyl (C=O) groups excluding carboxylic acids is 1. The van der Waals surface area contributed by atoms with Crippen LogP contribution < -0.4 is 20.3 Å². The molecule has 200 valence electrons. The maximum absolute atomic E-state index is 13.4. The third-order valence-corrected chi connectivity index (χ3v) is 6.84. The van der Waals surface area contributed by atoms with Crippen LogP contribution in [0.5, 0.6) is 11.5 Å². The number of fused-ring (bicyclic) bond motifs is 3. The van der Waals surface area contributed by atoms with Gasteiger partial charge in [-0.15, -0.1) is 10.2 Å². The van der Waals surface area contributed by atoms with Crippen molar-refractivity contribution in [1.29, 1.82) is 0 Å². The number of halogens is 1. The van der Waals surface area contributed by atoms with Gasteiger partial charge >= 0.3 is 0 Å². The number of benzene rings is 3. The van der Waals surface area contributed by atoms with Crippen molar-refractivity contribution >= 4 is 34.2 Å². The fourth-order valence-corrected chi connectivity index (χ4v) is 4.71. The molecule has 0 aliphatic rings. The summed E-state index contributed by atoms with van der Waals surface area (Å²) in [5.41, 5.74) is 2.50. The molecule has 0 aliphatic heterocycles. The first-order valence-electron chi connectivity index (χ1n) is 12.6. The van der Waals surface area contributed by atoms with Gasteiger partial charge in [-0.05, 0) is 53.9 Å². The lowest BCUT2D eigenvalue weighted by atomic mass is 10.1. The molecule has 1 amide bonds. The quantitative estimate of drug-likeness (QED) is 0.284. The first kappa shape index (κ1) is 26.2. The summed E-state index contributed by atoms with van der Waals surface area (Å²) in [5.74, 6) is 2.27. The van der Waals surface area contributed by atoms with Crippen LogP contribution in [-0.4, -0.2) is 45.8 Å². The Balaban J connectivity index is 1.32. The number of carbonyl (C=O) groups is 1. The third-order valence-electron chi connectivity index (χ3n) is 6.59. The van der Waals surface area contributed by atoms with E-state index in [-0.39, 0.29) is 17.9 Å². The number of para-hydroxylation sites is 1. The van der Waals surface area contributed by atoms with Crippen LogP contribution in [0.3, 0.4) is 0 Å². The topological polar surface area (TPSA) is 99.7 Å². The molecule has 2 aromatic heterocycles. The van der Waals surface area contributed by atoms with Gasteiger partial charge in [-0.1, -0.05) is 41.9 Å². The van der Waals surface area contributed by atoms with Crippen LogP contribution in [0.15, 0.2) is 71.5 Å². The Bertz CT molecular complexity index is 1690. The van der Waals surface area contributed by atoms with Gasteiger partial charge in [-0.25, -0.2) is 0 Å². The largest absolute Gasteiger partial charge is 0.493 e. The Hall–Kier alpha value is -4.37. The summed E-state index contributed by atoms with van der Waals surface area (Å²) in [4.78, 5) is 26.0. The van der Waals surface area contributed by atoms with Crippen LogP contribution in [0.25, 0.3) is 16.7 Å². The first-order valence-corrected chi connectivity index (χ1v) is 12.9. The maximum Gasteiger partial charge on any atom is 0.263 e. The standard InChI is InChI=1S/C29H28ClN5O4/c1-38-24-12-9-19(17-25(24)39-2)15-16-31-27(36)14-13-26-32-33-29-34(18-20-7-10-21(30)11-8-20)28(37)22-5-3-4-6-23(22)35(26)29/h3-12,17H,13-16,18H2,1-2H3,(H,31,36). The zero-order valence-electron chi connectivity index (χ0n) is 21.7. The van der Waals surface area contributed by atoms with Crippen LogP contribution >= 0.6 is 11.6 Å². The Kier molecular flexibility index (Phi) is 7.79. The van der Waals surface area contributed by atoms with Crippen LogP contribution in [0.2, 0.25) is 5.02 Å². The van der Waals surface area contributed by atoms with Crippen molar-refractivity contribution in [2.45, 2.75) is 25.8 Å². The minimum absolute atomic E-state index is 0.0916. The minimum atomic E-state index is -0.153. The van der Waals surface area contributed by atoms with Gasteiger partial charge < -0.3 is 14.8 Å². The lowest BCUT2D eigenvalue weighted by Gasteiger charge is -2.12. The van der Waals surface area contributed by atoms with Crippen LogP contribution in [0, 0.1) is 0 Å². The molecule has 0 saturated heterocycles. The number of rotatable bonds is 10. The molecule has 0 atom stereocenters. The van der Waals surface area contributed by atoms with E-state index in [1.54, 1.807) is 37.0 Å². The highest BCUT2D eigenvalue weighted by molar-refractivity contribution is 6.30. The average molecular weight is 546 g/mol. The van der Waals surface area contributed by atoms with Crippen molar-refractivity contribution < 1.29 is 14.3 Å². The SMILES string of the molecule is COc1ccc(CCNC(=O)CCc2nnc3n(Cc4ccc(Cl)cc4)c(=O)c4ccccc4n23)cc1OC. The molecule has 0 aliphatic carbocycles. The van der Waals surface area contributed by atoms with E-state index >= 15 is 0 Å². The normalized spacial score (nSPS) is 11.2. The number of aryl methyl sites for hydroxylation is 1. The van der Waals surface area contributed by atoms with Gasteiger partial charge in [0, 0.05) is 24.4 Å². The van der Waals surface area contributed by atoms with E-state index in [1.165, 1.54) is 0 Å². The van der Waals surface area contributed by atoms with Crippen LogP contribution in [0.1, 0.15) is 23.4 Å². The van der Waals surface area contributed by atoms with E-state index in [2.05, 4.69) is 15.5 Å². The van der Waals surface area contributed by atoms with Gasteiger partial charge in [0.05, 0.1) is 31.7 Å². The number of aromatic nitrogens is 4. The Morgan fingerprint density at radius 2 is 1.67 bits per heavy atom. The fraction of sp³-hybridized carbons (Fsp3) is 0.241. The highest BCUT2D eigenvalue weighted by Crippen LogP contribution is 2.27. The second kappa shape index (κ2) is 11.6. The summed E-state index contributed by atoms with van der Waals surface area (Å²) in [6.45, 7) is 0.803. The smallest absolute Gasteiger partial charge is 0.263 e. The molecule has 39 heavy (non-hydrogen) atoms. The lowest BCUT2D eigenvalue weighted by Crippen LogP contribution is -2.26. The minimum Gasteiger partial charge on any atom is -0.493 e. The van der Waals surface area contributed by atoms with Gasteiger partial charge in [0.2, 0.25) is 11.7 Å². The number of nitrogens with zero attached hydrogens (tertiary/aromatic N) is 4. The van der Waals surface area contributed by atoms with E-state index in [0.29, 0.717) is 65.0 Å².